The Kier molecular flexibility index (Phi) is 5.48. The van der Waals surface area contributed by atoms with Crippen molar-refractivity contribution in [1.82, 2.24) is 14.8 Å². The van der Waals surface area contributed by atoms with E-state index >= 15 is 0 Å². The molecule has 1 aliphatic heterocycles. The Labute approximate surface area is 197 Å². The second kappa shape index (κ2) is 8.75. The van der Waals surface area contributed by atoms with Crippen molar-refractivity contribution in [3.05, 3.63) is 101 Å². The lowest BCUT2D eigenvalue weighted by Gasteiger charge is -2.10. The largest absolute Gasteiger partial charge is 0.384 e. The lowest BCUT2D eigenvalue weighted by atomic mass is 9.93. The first-order chi connectivity index (χ1) is 16.5. The normalized spacial score (nSPS) is 12.2. The molecular formula is C27H22N6O. The molecule has 34 heavy (non-hydrogen) atoms. The number of anilines is 1. The van der Waals surface area contributed by atoms with Crippen LogP contribution in [-0.2, 0) is 24.3 Å². The first-order valence-corrected chi connectivity index (χ1v) is 10.9. The summed E-state index contributed by atoms with van der Waals surface area (Å²) in [6.07, 6.45) is 5.58. The van der Waals surface area contributed by atoms with E-state index in [9.17, 15) is 4.79 Å². The number of nitrogens with zero attached hydrogens (tertiary/aromatic N) is 5. The van der Waals surface area contributed by atoms with Crippen molar-refractivity contribution in [2.75, 3.05) is 5.73 Å². The third kappa shape index (κ3) is 4.21. The number of nitrogen functional groups attached to an aromatic ring is 1. The van der Waals surface area contributed by atoms with Gasteiger partial charge in [0.05, 0.1) is 30.9 Å². The third-order valence-corrected chi connectivity index (χ3v) is 5.93. The van der Waals surface area contributed by atoms with Gasteiger partial charge in [0.1, 0.15) is 11.5 Å². The number of pyridine rings is 1. The predicted molar refractivity (Wildman–Crippen MR) is 130 cm³/mol. The van der Waals surface area contributed by atoms with Crippen LogP contribution in [-0.4, -0.2) is 26.3 Å². The van der Waals surface area contributed by atoms with Crippen LogP contribution in [0, 0.1) is 18.3 Å². The van der Waals surface area contributed by atoms with Gasteiger partial charge in [-0.2, -0.15) is 10.4 Å². The molecule has 0 unspecified atom stereocenters. The molecule has 4 aromatic rings. The lowest BCUT2D eigenvalue weighted by molar-refractivity contribution is -0.112. The zero-order chi connectivity index (χ0) is 23.7. The average molecular weight is 447 g/mol. The van der Waals surface area contributed by atoms with E-state index in [0.29, 0.717) is 30.2 Å². The topological polar surface area (TPSA) is 110 Å². The van der Waals surface area contributed by atoms with E-state index in [1.165, 1.54) is 0 Å². The van der Waals surface area contributed by atoms with Crippen molar-refractivity contribution >= 4 is 17.3 Å². The van der Waals surface area contributed by atoms with Crippen molar-refractivity contribution in [3.8, 4) is 17.2 Å². The fourth-order valence-corrected chi connectivity index (χ4v) is 4.25. The van der Waals surface area contributed by atoms with Gasteiger partial charge in [-0.05, 0) is 71.1 Å². The Balaban J connectivity index is 1.31. The number of hydrogen-bond acceptors (Lipinski definition) is 6. The van der Waals surface area contributed by atoms with Gasteiger partial charge in [-0.3, -0.25) is 14.5 Å². The van der Waals surface area contributed by atoms with E-state index in [0.717, 1.165) is 38.9 Å². The number of nitrogens with two attached hydrogens (primary N) is 1. The molecule has 7 nitrogen and oxygen atoms in total. The monoisotopic (exact) mass is 446 g/mol. The second-order valence-electron chi connectivity index (χ2n) is 8.42. The number of aliphatic imine (C=N–C) groups is 1. The number of rotatable bonds is 6. The number of benzene rings is 2. The molecule has 2 N–H and O–H groups in total. The molecule has 0 atom stereocenters. The lowest BCUT2D eigenvalue weighted by Crippen LogP contribution is -2.16. The van der Waals surface area contributed by atoms with E-state index in [1.807, 2.05) is 43.5 Å². The summed E-state index contributed by atoms with van der Waals surface area (Å²) in [5.74, 6) is 0.462. The summed E-state index contributed by atoms with van der Waals surface area (Å²) < 4.78 is 1.78. The van der Waals surface area contributed by atoms with Crippen LogP contribution < -0.4 is 5.73 Å². The summed E-state index contributed by atoms with van der Waals surface area (Å²) in [5, 5.41) is 13.5. The molecule has 0 amide bonds. The number of ketones is 1. The molecule has 2 aromatic carbocycles. The summed E-state index contributed by atoms with van der Waals surface area (Å²) >= 11 is 0. The molecule has 0 saturated carbocycles. The fourth-order valence-electron chi connectivity index (χ4n) is 4.25. The maximum atomic E-state index is 13.1. The maximum Gasteiger partial charge on any atom is 0.185 e. The van der Waals surface area contributed by atoms with Crippen molar-refractivity contribution in [3.63, 3.8) is 0 Å². The number of aromatic nitrogens is 3. The van der Waals surface area contributed by atoms with E-state index in [1.54, 1.807) is 29.2 Å². The number of hydrogen-bond donors (Lipinski definition) is 1. The summed E-state index contributed by atoms with van der Waals surface area (Å²) in [5.41, 5.74) is 13.7. The van der Waals surface area contributed by atoms with Crippen LogP contribution in [0.3, 0.4) is 0 Å². The molecule has 7 heteroatoms. The Bertz CT molecular complexity index is 1470. The molecule has 2 aromatic heterocycles. The van der Waals surface area contributed by atoms with Gasteiger partial charge in [0, 0.05) is 29.9 Å². The first-order valence-electron chi connectivity index (χ1n) is 10.9. The molecular weight excluding hydrogens is 424 g/mol. The molecule has 1 aliphatic rings. The summed E-state index contributed by atoms with van der Waals surface area (Å²) in [7, 11) is 0. The molecule has 166 valence electrons. The van der Waals surface area contributed by atoms with Gasteiger partial charge in [-0.1, -0.05) is 12.1 Å². The highest BCUT2D eigenvalue weighted by atomic mass is 16.1. The Hall–Kier alpha value is -4.57. The highest BCUT2D eigenvalue weighted by molar-refractivity contribution is 6.47. The zero-order valence-electron chi connectivity index (χ0n) is 18.7. The predicted octanol–water partition coefficient (Wildman–Crippen LogP) is 3.87. The first kappa shape index (κ1) is 21.3. The van der Waals surface area contributed by atoms with E-state index in [4.69, 9.17) is 11.0 Å². The van der Waals surface area contributed by atoms with Crippen LogP contribution in [0.15, 0.2) is 72.1 Å². The second-order valence-corrected chi connectivity index (χ2v) is 8.42. The standard InChI is InChI=1S/C27H22N6O/c1-17-7-24-22(10-23(17)21-5-6-26(29)30-13-21)14-31-27(24)25(34)9-20-12-32-33(16-20)15-19-4-2-3-18(8-19)11-28/h2-8,10,12-13,16H,9,14-15H2,1H3,(H2,29,30). The molecule has 0 spiro atoms. The van der Waals surface area contributed by atoms with Crippen molar-refractivity contribution in [2.24, 2.45) is 4.99 Å². The van der Waals surface area contributed by atoms with Gasteiger partial charge in [0.2, 0.25) is 0 Å². The van der Waals surface area contributed by atoms with Crippen LogP contribution in [0.1, 0.15) is 33.4 Å². The molecule has 5 rings (SSSR count). The smallest absolute Gasteiger partial charge is 0.185 e. The van der Waals surface area contributed by atoms with Gasteiger partial charge < -0.3 is 5.73 Å². The van der Waals surface area contributed by atoms with Crippen LogP contribution >= 0.6 is 0 Å². The number of fused-ring (bicyclic) bond motifs is 1. The maximum absolute atomic E-state index is 13.1. The fraction of sp³-hybridized carbons (Fsp3) is 0.148. The Morgan fingerprint density at radius 1 is 1.12 bits per heavy atom. The number of carbonyl (C=O) groups excluding carboxylic acids is 1. The van der Waals surface area contributed by atoms with Crippen molar-refractivity contribution in [2.45, 2.75) is 26.4 Å². The van der Waals surface area contributed by atoms with Gasteiger partial charge in [0.15, 0.2) is 5.78 Å². The number of carbonyl (C=O) groups is 1. The number of aryl methyl sites for hydroxylation is 1. The highest BCUT2D eigenvalue weighted by Crippen LogP contribution is 2.30. The number of nitriles is 1. The Morgan fingerprint density at radius 3 is 2.79 bits per heavy atom. The molecule has 0 fully saturated rings. The third-order valence-electron chi connectivity index (χ3n) is 5.93. The van der Waals surface area contributed by atoms with Crippen LogP contribution in [0.2, 0.25) is 0 Å². The minimum Gasteiger partial charge on any atom is -0.384 e. The SMILES string of the molecule is Cc1cc2c(cc1-c1ccc(N)nc1)CN=C2C(=O)Cc1cnn(Cc2cccc(C#N)c2)c1. The van der Waals surface area contributed by atoms with E-state index < -0.39 is 0 Å². The van der Waals surface area contributed by atoms with Gasteiger partial charge in [0.25, 0.3) is 0 Å². The average Bonchev–Trinajstić information content (AvgIpc) is 3.45. The summed E-state index contributed by atoms with van der Waals surface area (Å²) in [4.78, 5) is 21.9. The van der Waals surface area contributed by atoms with Gasteiger partial charge in [-0.25, -0.2) is 4.98 Å². The molecule has 0 radical (unpaired) electrons. The van der Waals surface area contributed by atoms with Crippen molar-refractivity contribution < 1.29 is 4.79 Å². The van der Waals surface area contributed by atoms with Crippen LogP contribution in [0.25, 0.3) is 11.1 Å². The van der Waals surface area contributed by atoms with Crippen LogP contribution in [0.5, 0.6) is 0 Å². The van der Waals surface area contributed by atoms with E-state index in [-0.39, 0.29) is 12.2 Å². The highest BCUT2D eigenvalue weighted by Gasteiger charge is 2.24. The quantitative estimate of drug-likeness (QED) is 0.483. The van der Waals surface area contributed by atoms with Crippen molar-refractivity contribution in [1.29, 1.82) is 5.26 Å². The number of Topliss-reactive ketones (excluding diaryl/α,β-unsaturated/α-hetero) is 1. The summed E-state index contributed by atoms with van der Waals surface area (Å²) in [6, 6.07) is 17.4. The minimum atomic E-state index is -0.0221. The Morgan fingerprint density at radius 2 is 2.00 bits per heavy atom. The zero-order valence-corrected chi connectivity index (χ0v) is 18.7. The summed E-state index contributed by atoms with van der Waals surface area (Å²) in [6.45, 7) is 3.05. The molecule has 3 heterocycles. The van der Waals surface area contributed by atoms with Crippen LogP contribution in [0.4, 0.5) is 5.82 Å². The van der Waals surface area contributed by atoms with Gasteiger partial charge >= 0.3 is 0 Å². The minimum absolute atomic E-state index is 0.0221. The molecule has 0 saturated heterocycles. The van der Waals surface area contributed by atoms with Gasteiger partial charge in [-0.15, -0.1) is 0 Å². The molecule has 0 bridgehead atoms. The molecule has 0 aliphatic carbocycles. The van der Waals surface area contributed by atoms with E-state index in [2.05, 4.69) is 27.2 Å².